The Morgan fingerprint density at radius 3 is 3.06 bits per heavy atom. The summed E-state index contributed by atoms with van der Waals surface area (Å²) >= 11 is 0. The second-order valence-corrected chi connectivity index (χ2v) is 4.90. The minimum atomic E-state index is -0.183. The van der Waals surface area contributed by atoms with Gasteiger partial charge in [0, 0.05) is 24.2 Å². The van der Waals surface area contributed by atoms with Crippen LogP contribution in [-0.4, -0.2) is 17.6 Å². The lowest BCUT2D eigenvalue weighted by Gasteiger charge is -2.34. The zero-order valence-electron chi connectivity index (χ0n) is 10.0. The molecule has 2 aromatic rings. The molecule has 0 aliphatic carbocycles. The molecule has 1 saturated heterocycles. The zero-order valence-corrected chi connectivity index (χ0v) is 10.0. The Kier molecular flexibility index (Phi) is 2.54. The molecule has 1 N–H and O–H groups in total. The van der Waals surface area contributed by atoms with Crippen LogP contribution in [0.15, 0.2) is 24.4 Å². The van der Waals surface area contributed by atoms with Crippen molar-refractivity contribution in [1.29, 1.82) is 0 Å². The molecule has 90 valence electrons. The number of nitrogens with zero attached hydrogens (tertiary/aromatic N) is 1. The quantitative estimate of drug-likeness (QED) is 0.794. The monoisotopic (exact) mass is 232 g/mol. The first kappa shape index (κ1) is 10.6. The smallest absolute Gasteiger partial charge is 0.125 e. The number of benzene rings is 1. The van der Waals surface area contributed by atoms with E-state index in [0.717, 1.165) is 17.4 Å². The predicted molar refractivity (Wildman–Crippen MR) is 68.9 cm³/mol. The highest BCUT2D eigenvalue weighted by molar-refractivity contribution is 5.93. The molecule has 0 amide bonds. The van der Waals surface area contributed by atoms with Gasteiger partial charge in [0.1, 0.15) is 5.82 Å². The Morgan fingerprint density at radius 2 is 2.24 bits per heavy atom. The molecule has 3 rings (SSSR count). The molecule has 0 bridgehead atoms. The van der Waals surface area contributed by atoms with E-state index in [1.807, 2.05) is 12.3 Å². The van der Waals surface area contributed by atoms with Crippen molar-refractivity contribution in [2.45, 2.75) is 32.2 Å². The number of rotatable bonds is 1. The zero-order chi connectivity index (χ0) is 11.8. The average molecular weight is 232 g/mol. The van der Waals surface area contributed by atoms with E-state index in [2.05, 4.69) is 16.8 Å². The highest BCUT2D eigenvalue weighted by Crippen LogP contribution is 2.31. The molecular weight excluding hydrogens is 215 g/mol. The van der Waals surface area contributed by atoms with Gasteiger partial charge in [0.15, 0.2) is 0 Å². The average Bonchev–Trinajstić information content (AvgIpc) is 2.72. The summed E-state index contributed by atoms with van der Waals surface area (Å²) in [5.41, 5.74) is 2.10. The van der Waals surface area contributed by atoms with Gasteiger partial charge in [-0.25, -0.2) is 4.39 Å². The molecule has 0 radical (unpaired) electrons. The predicted octanol–water partition coefficient (Wildman–Crippen LogP) is 3.69. The number of hydrogen-bond donors (Lipinski definition) is 1. The van der Waals surface area contributed by atoms with E-state index in [1.54, 1.807) is 6.07 Å². The lowest BCUT2D eigenvalue weighted by Crippen LogP contribution is -2.37. The van der Waals surface area contributed by atoms with Crippen LogP contribution in [-0.2, 0) is 0 Å². The Labute approximate surface area is 100 Å². The van der Waals surface area contributed by atoms with Gasteiger partial charge in [0.25, 0.3) is 0 Å². The molecular formula is C14H17FN2. The van der Waals surface area contributed by atoms with Crippen molar-refractivity contribution in [3.05, 3.63) is 30.2 Å². The van der Waals surface area contributed by atoms with Crippen molar-refractivity contribution in [2.24, 2.45) is 0 Å². The van der Waals surface area contributed by atoms with Gasteiger partial charge in [-0.3, -0.25) is 0 Å². The summed E-state index contributed by atoms with van der Waals surface area (Å²) in [6.45, 7) is 3.37. The fourth-order valence-corrected chi connectivity index (χ4v) is 2.78. The van der Waals surface area contributed by atoms with Crippen molar-refractivity contribution in [3.63, 3.8) is 0 Å². The molecule has 1 fully saturated rings. The number of aromatic amines is 1. The van der Waals surface area contributed by atoms with E-state index < -0.39 is 0 Å². The number of piperidine rings is 1. The van der Waals surface area contributed by atoms with Gasteiger partial charge in [0.2, 0.25) is 0 Å². The highest BCUT2D eigenvalue weighted by Gasteiger charge is 2.20. The molecule has 2 heterocycles. The number of fused-ring (bicyclic) bond motifs is 1. The van der Waals surface area contributed by atoms with E-state index in [-0.39, 0.29) is 5.82 Å². The Bertz CT molecular complexity index is 532. The lowest BCUT2D eigenvalue weighted by molar-refractivity contribution is 0.486. The van der Waals surface area contributed by atoms with Crippen LogP contribution in [0.4, 0.5) is 10.1 Å². The third-order valence-electron chi connectivity index (χ3n) is 3.73. The van der Waals surface area contributed by atoms with Crippen LogP contribution in [0.2, 0.25) is 0 Å². The lowest BCUT2D eigenvalue weighted by atomic mass is 10.0. The van der Waals surface area contributed by atoms with Gasteiger partial charge >= 0.3 is 0 Å². The van der Waals surface area contributed by atoms with Gasteiger partial charge in [-0.1, -0.05) is 0 Å². The minimum Gasteiger partial charge on any atom is -0.367 e. The van der Waals surface area contributed by atoms with Crippen molar-refractivity contribution in [3.8, 4) is 0 Å². The summed E-state index contributed by atoms with van der Waals surface area (Å²) in [6, 6.07) is 5.55. The first-order valence-corrected chi connectivity index (χ1v) is 6.29. The molecule has 0 spiro atoms. The van der Waals surface area contributed by atoms with Crippen molar-refractivity contribution < 1.29 is 4.39 Å². The minimum absolute atomic E-state index is 0.183. The van der Waals surface area contributed by atoms with Crippen molar-refractivity contribution >= 4 is 16.6 Å². The van der Waals surface area contributed by atoms with Crippen molar-refractivity contribution in [1.82, 2.24) is 4.98 Å². The molecule has 1 aliphatic rings. The maximum Gasteiger partial charge on any atom is 0.125 e. The van der Waals surface area contributed by atoms with E-state index in [0.29, 0.717) is 6.04 Å². The van der Waals surface area contributed by atoms with Crippen LogP contribution in [0.5, 0.6) is 0 Å². The number of nitrogens with one attached hydrogen (secondary N) is 1. The molecule has 2 nitrogen and oxygen atoms in total. The third kappa shape index (κ3) is 1.79. The van der Waals surface area contributed by atoms with E-state index in [9.17, 15) is 4.39 Å². The normalized spacial score (nSPS) is 21.1. The Balaban J connectivity index is 2.05. The molecule has 1 atom stereocenters. The van der Waals surface area contributed by atoms with Crippen LogP contribution < -0.4 is 4.90 Å². The summed E-state index contributed by atoms with van der Waals surface area (Å²) in [4.78, 5) is 5.60. The molecule has 17 heavy (non-hydrogen) atoms. The van der Waals surface area contributed by atoms with Crippen LogP contribution in [0.3, 0.4) is 0 Å². The Morgan fingerprint density at radius 1 is 1.35 bits per heavy atom. The van der Waals surface area contributed by atoms with Gasteiger partial charge in [-0.2, -0.15) is 0 Å². The summed E-state index contributed by atoms with van der Waals surface area (Å²) in [6.07, 6.45) is 5.81. The first-order valence-electron chi connectivity index (χ1n) is 6.29. The maximum absolute atomic E-state index is 13.1. The van der Waals surface area contributed by atoms with E-state index >= 15 is 0 Å². The fourth-order valence-electron chi connectivity index (χ4n) is 2.78. The van der Waals surface area contributed by atoms with Crippen LogP contribution in [0.25, 0.3) is 10.9 Å². The van der Waals surface area contributed by atoms with Gasteiger partial charge in [-0.15, -0.1) is 0 Å². The summed E-state index contributed by atoms with van der Waals surface area (Å²) in [7, 11) is 0. The fraction of sp³-hybridized carbons (Fsp3) is 0.429. The van der Waals surface area contributed by atoms with Crippen molar-refractivity contribution in [2.75, 3.05) is 11.4 Å². The topological polar surface area (TPSA) is 19.0 Å². The molecule has 1 aromatic carbocycles. The first-order chi connectivity index (χ1) is 8.25. The van der Waals surface area contributed by atoms with Gasteiger partial charge in [0.05, 0.1) is 11.2 Å². The Hall–Kier alpha value is -1.51. The third-order valence-corrected chi connectivity index (χ3v) is 3.73. The molecule has 0 saturated carbocycles. The summed E-state index contributed by atoms with van der Waals surface area (Å²) < 4.78 is 13.1. The number of anilines is 1. The number of hydrogen-bond acceptors (Lipinski definition) is 1. The van der Waals surface area contributed by atoms with E-state index in [1.165, 1.54) is 31.0 Å². The van der Waals surface area contributed by atoms with Crippen LogP contribution >= 0.6 is 0 Å². The largest absolute Gasteiger partial charge is 0.367 e. The molecule has 1 aromatic heterocycles. The van der Waals surface area contributed by atoms with Crippen LogP contribution in [0.1, 0.15) is 26.2 Å². The molecule has 1 aliphatic heterocycles. The summed E-state index contributed by atoms with van der Waals surface area (Å²) in [5, 5.41) is 1.13. The molecule has 0 unspecified atom stereocenters. The highest BCUT2D eigenvalue weighted by atomic mass is 19.1. The van der Waals surface area contributed by atoms with Crippen LogP contribution in [0, 0.1) is 5.82 Å². The number of H-pyrrole nitrogens is 1. The van der Waals surface area contributed by atoms with Gasteiger partial charge in [-0.05, 0) is 44.4 Å². The summed E-state index contributed by atoms with van der Waals surface area (Å²) in [5.74, 6) is -0.183. The second kappa shape index (κ2) is 4.06. The molecule has 3 heteroatoms. The van der Waals surface area contributed by atoms with Gasteiger partial charge < -0.3 is 9.88 Å². The number of aromatic nitrogens is 1. The standard InChI is InChI=1S/C14H17FN2/c1-10-4-2-3-7-17(10)14-9-16-13-8-11(15)5-6-12(13)14/h5-6,8-10,16H,2-4,7H2,1H3/t10-/m1/s1. The second-order valence-electron chi connectivity index (χ2n) is 4.90. The van der Waals surface area contributed by atoms with E-state index in [4.69, 9.17) is 0 Å². The number of halogens is 1. The SMILES string of the molecule is C[C@@H]1CCCCN1c1c[nH]c2cc(F)ccc12. The maximum atomic E-state index is 13.1.